The molecule has 6 atom stereocenters. The number of benzene rings is 2. The Bertz CT molecular complexity index is 813. The maximum absolute atomic E-state index is 13.3. The van der Waals surface area contributed by atoms with Crippen LogP contribution < -0.4 is 4.74 Å². The number of rotatable bonds is 6. The third-order valence-electron chi connectivity index (χ3n) is 5.13. The van der Waals surface area contributed by atoms with Gasteiger partial charge >= 0.3 is 0 Å². The van der Waals surface area contributed by atoms with Crippen molar-refractivity contribution < 1.29 is 38.3 Å². The zero-order valence-corrected chi connectivity index (χ0v) is 16.5. The van der Waals surface area contributed by atoms with Gasteiger partial charge in [0.2, 0.25) is 0 Å². The van der Waals surface area contributed by atoms with Gasteiger partial charge in [0.15, 0.2) is 12.6 Å². The van der Waals surface area contributed by atoms with Crippen molar-refractivity contribution in [2.75, 3.05) is 19.8 Å². The van der Waals surface area contributed by atoms with Crippen LogP contribution in [0.1, 0.15) is 30.6 Å². The van der Waals surface area contributed by atoms with Gasteiger partial charge in [0, 0.05) is 11.1 Å². The number of aliphatic hydroxyl groups is 2. The summed E-state index contributed by atoms with van der Waals surface area (Å²) in [6.07, 6.45) is -4.73. The molecule has 2 unspecified atom stereocenters. The van der Waals surface area contributed by atoms with Crippen molar-refractivity contribution in [1.29, 1.82) is 0 Å². The summed E-state index contributed by atoms with van der Waals surface area (Å²) in [5.74, 6) is 0.372. The normalized spacial score (nSPS) is 29.8. The van der Waals surface area contributed by atoms with Crippen molar-refractivity contribution in [3.05, 3.63) is 65.5 Å². The van der Waals surface area contributed by atoms with Gasteiger partial charge in [-0.05, 0) is 31.2 Å². The molecule has 0 bridgehead atoms. The zero-order chi connectivity index (χ0) is 21.1. The van der Waals surface area contributed by atoms with E-state index in [9.17, 15) is 14.6 Å². The van der Waals surface area contributed by atoms with Gasteiger partial charge in [0.1, 0.15) is 36.0 Å². The molecule has 2 aliphatic heterocycles. The van der Waals surface area contributed by atoms with Gasteiger partial charge in [0.05, 0.1) is 19.8 Å². The van der Waals surface area contributed by atoms with E-state index in [0.29, 0.717) is 12.2 Å². The Labute approximate surface area is 173 Å². The van der Waals surface area contributed by atoms with Crippen molar-refractivity contribution in [2.24, 2.45) is 0 Å². The third kappa shape index (κ3) is 4.49. The molecule has 2 saturated heterocycles. The molecule has 162 valence electrons. The number of fused-ring (bicyclic) bond motifs is 1. The number of hydrogen-bond acceptors (Lipinski definition) is 7. The van der Waals surface area contributed by atoms with Gasteiger partial charge in [-0.1, -0.05) is 24.3 Å². The molecule has 0 saturated carbocycles. The second-order valence-corrected chi connectivity index (χ2v) is 7.18. The average Bonchev–Trinajstić information content (AvgIpc) is 2.78. The SMILES string of the molecule is CCOc1ccc(C2OC[C@@H]3OC(c4ccc(F)cc4)O[C@H]([C@H](O)CO)[C@@H]3O2)cc1. The van der Waals surface area contributed by atoms with E-state index in [1.165, 1.54) is 12.1 Å². The molecule has 2 fully saturated rings. The predicted molar refractivity (Wildman–Crippen MR) is 103 cm³/mol. The van der Waals surface area contributed by atoms with Crippen LogP contribution in [-0.2, 0) is 18.9 Å². The van der Waals surface area contributed by atoms with Crippen LogP contribution in [-0.4, -0.2) is 54.4 Å². The molecule has 0 spiro atoms. The molecule has 2 N–H and O–H groups in total. The largest absolute Gasteiger partial charge is 0.494 e. The Kier molecular flexibility index (Phi) is 6.62. The van der Waals surface area contributed by atoms with Crippen molar-refractivity contribution in [3.63, 3.8) is 0 Å². The summed E-state index contributed by atoms with van der Waals surface area (Å²) >= 11 is 0. The fourth-order valence-corrected chi connectivity index (χ4v) is 3.62. The van der Waals surface area contributed by atoms with Gasteiger partial charge in [-0.3, -0.25) is 0 Å². The maximum atomic E-state index is 13.3. The molecule has 0 aromatic heterocycles. The molecule has 0 amide bonds. The van der Waals surface area contributed by atoms with Gasteiger partial charge in [-0.25, -0.2) is 4.39 Å². The summed E-state index contributed by atoms with van der Waals surface area (Å²) < 4.78 is 42.5. The highest BCUT2D eigenvalue weighted by Crippen LogP contribution is 2.39. The molecular formula is C22H25FO7. The van der Waals surface area contributed by atoms with Crippen LogP contribution in [0.25, 0.3) is 0 Å². The molecule has 4 rings (SSSR count). The molecule has 2 aromatic rings. The van der Waals surface area contributed by atoms with Crippen LogP contribution in [0.5, 0.6) is 5.75 Å². The molecule has 2 aromatic carbocycles. The van der Waals surface area contributed by atoms with Crippen molar-refractivity contribution in [3.8, 4) is 5.75 Å². The molecule has 2 heterocycles. The summed E-state index contributed by atoms with van der Waals surface area (Å²) in [6, 6.07) is 13.1. The first-order chi connectivity index (χ1) is 14.6. The Morgan fingerprint density at radius 2 is 1.67 bits per heavy atom. The summed E-state index contributed by atoms with van der Waals surface area (Å²) in [5.41, 5.74) is 1.38. The van der Waals surface area contributed by atoms with E-state index in [1.807, 2.05) is 31.2 Å². The first-order valence-corrected chi connectivity index (χ1v) is 9.94. The topological polar surface area (TPSA) is 86.6 Å². The maximum Gasteiger partial charge on any atom is 0.184 e. The van der Waals surface area contributed by atoms with Crippen LogP contribution in [0.2, 0.25) is 0 Å². The Morgan fingerprint density at radius 1 is 1.00 bits per heavy atom. The van der Waals surface area contributed by atoms with Gasteiger partial charge in [0.25, 0.3) is 0 Å². The summed E-state index contributed by atoms with van der Waals surface area (Å²) in [7, 11) is 0. The van der Waals surface area contributed by atoms with Crippen LogP contribution in [0, 0.1) is 5.82 Å². The molecule has 30 heavy (non-hydrogen) atoms. The van der Waals surface area contributed by atoms with E-state index in [2.05, 4.69) is 0 Å². The summed E-state index contributed by atoms with van der Waals surface area (Å²) in [6.45, 7) is 2.20. The Morgan fingerprint density at radius 3 is 2.33 bits per heavy atom. The van der Waals surface area contributed by atoms with E-state index in [0.717, 1.165) is 11.3 Å². The molecule has 0 radical (unpaired) electrons. The van der Waals surface area contributed by atoms with Crippen molar-refractivity contribution >= 4 is 0 Å². The molecule has 8 heteroatoms. The quantitative estimate of drug-likeness (QED) is 0.743. The lowest BCUT2D eigenvalue weighted by molar-refractivity contribution is -0.373. The number of ether oxygens (including phenoxy) is 5. The second-order valence-electron chi connectivity index (χ2n) is 7.18. The molecule has 0 aliphatic carbocycles. The predicted octanol–water partition coefficient (Wildman–Crippen LogP) is 2.47. The van der Waals surface area contributed by atoms with Crippen molar-refractivity contribution in [2.45, 2.75) is 43.9 Å². The standard InChI is InChI=1S/C22H25FO7/c1-2-26-16-9-5-13(6-10-16)21-27-12-18-20(30-21)19(17(25)11-24)29-22(28-18)14-3-7-15(23)8-4-14/h3-10,17-22,24-25H,2,11-12H2,1H3/t17-,18+,19-,20-,21?,22?/m1/s1. The van der Waals surface area contributed by atoms with Gasteiger partial charge in [-0.15, -0.1) is 0 Å². The monoisotopic (exact) mass is 420 g/mol. The lowest BCUT2D eigenvalue weighted by Crippen LogP contribution is -2.58. The third-order valence-corrected chi connectivity index (χ3v) is 5.13. The summed E-state index contributed by atoms with van der Waals surface area (Å²) in [4.78, 5) is 0. The average molecular weight is 420 g/mol. The van der Waals surface area contributed by atoms with E-state index < -0.39 is 43.6 Å². The minimum atomic E-state index is -1.18. The van der Waals surface area contributed by atoms with E-state index in [4.69, 9.17) is 23.7 Å². The smallest absolute Gasteiger partial charge is 0.184 e. The minimum absolute atomic E-state index is 0.207. The molecular weight excluding hydrogens is 395 g/mol. The number of halogens is 1. The lowest BCUT2D eigenvalue weighted by Gasteiger charge is -2.47. The zero-order valence-electron chi connectivity index (χ0n) is 16.5. The highest BCUT2D eigenvalue weighted by atomic mass is 19.1. The van der Waals surface area contributed by atoms with Crippen LogP contribution in [0.4, 0.5) is 4.39 Å². The van der Waals surface area contributed by atoms with Crippen molar-refractivity contribution in [1.82, 2.24) is 0 Å². The second kappa shape index (κ2) is 9.38. The lowest BCUT2D eigenvalue weighted by atomic mass is 9.99. The van der Waals surface area contributed by atoms with E-state index >= 15 is 0 Å². The first kappa shape index (κ1) is 21.2. The van der Waals surface area contributed by atoms with Gasteiger partial charge in [-0.2, -0.15) is 0 Å². The van der Waals surface area contributed by atoms with Gasteiger partial charge < -0.3 is 33.9 Å². The van der Waals surface area contributed by atoms with Crippen LogP contribution in [0.3, 0.4) is 0 Å². The van der Waals surface area contributed by atoms with Crippen LogP contribution in [0.15, 0.2) is 48.5 Å². The fourth-order valence-electron chi connectivity index (χ4n) is 3.62. The fraction of sp³-hybridized carbons (Fsp3) is 0.455. The van der Waals surface area contributed by atoms with E-state index in [-0.39, 0.29) is 12.4 Å². The Balaban J connectivity index is 1.51. The minimum Gasteiger partial charge on any atom is -0.494 e. The molecule has 2 aliphatic rings. The first-order valence-electron chi connectivity index (χ1n) is 9.94. The molecule has 7 nitrogen and oxygen atoms in total. The van der Waals surface area contributed by atoms with E-state index in [1.54, 1.807) is 12.1 Å². The Hall–Kier alpha value is -2.07. The highest BCUT2D eigenvalue weighted by molar-refractivity contribution is 5.28. The highest BCUT2D eigenvalue weighted by Gasteiger charge is 2.48. The number of hydrogen-bond donors (Lipinski definition) is 2. The van der Waals surface area contributed by atoms with Crippen LogP contribution >= 0.6 is 0 Å². The summed E-state index contributed by atoms with van der Waals surface area (Å²) in [5, 5.41) is 19.9. The number of aliphatic hydroxyl groups excluding tert-OH is 2.